The molecule has 3 heteroatoms. The molecule has 0 unspecified atom stereocenters. The van der Waals surface area contributed by atoms with Crippen molar-refractivity contribution in [3.63, 3.8) is 0 Å². The van der Waals surface area contributed by atoms with Crippen LogP contribution in [0, 0.1) is 11.8 Å². The molecule has 3 rings (SSSR count). The van der Waals surface area contributed by atoms with Gasteiger partial charge in [0, 0.05) is 18.9 Å². The molecule has 1 aliphatic rings. The molecule has 144 valence electrons. The Bertz CT molecular complexity index is 709. The van der Waals surface area contributed by atoms with Gasteiger partial charge in [0.25, 0.3) is 8.32 Å². The number of carbonyl (C=O) groups is 1. The Balaban J connectivity index is 1.98. The predicted octanol–water partition coefficient (Wildman–Crippen LogP) is 4.57. The second kappa shape index (κ2) is 8.11. The number of Topliss-reactive ketones (excluding diaryl/α,β-unsaturated/α-hetero) is 1. The van der Waals surface area contributed by atoms with Crippen LogP contribution in [-0.2, 0) is 9.22 Å². The van der Waals surface area contributed by atoms with Crippen LogP contribution in [0.3, 0.4) is 0 Å². The molecule has 2 nitrogen and oxygen atoms in total. The summed E-state index contributed by atoms with van der Waals surface area (Å²) in [6, 6.07) is 21.5. The lowest BCUT2D eigenvalue weighted by molar-refractivity contribution is -0.125. The van der Waals surface area contributed by atoms with Gasteiger partial charge in [-0.1, -0.05) is 88.4 Å². The number of hydrogen-bond acceptors (Lipinski definition) is 2. The topological polar surface area (TPSA) is 26.3 Å². The third-order valence-corrected chi connectivity index (χ3v) is 11.0. The number of benzene rings is 2. The van der Waals surface area contributed by atoms with Crippen LogP contribution < -0.4 is 10.4 Å². The standard InChI is InChI=1S/C24H32O2Si/c1-19-15-16-20(17-23(19)25)18-26-27(24(2,3)4,21-11-7-5-8-12-21)22-13-9-6-10-14-22/h5-14,19-20H,15-18H2,1-4H3/t19-,20-/m0/s1. The van der Waals surface area contributed by atoms with E-state index in [0.29, 0.717) is 24.7 Å². The summed E-state index contributed by atoms with van der Waals surface area (Å²) in [5.41, 5.74) is 0. The van der Waals surface area contributed by atoms with E-state index >= 15 is 0 Å². The van der Waals surface area contributed by atoms with Gasteiger partial charge in [0.15, 0.2) is 0 Å². The maximum atomic E-state index is 12.2. The molecule has 27 heavy (non-hydrogen) atoms. The SMILES string of the molecule is C[C@H]1CC[C@H](CO[Si](c2ccccc2)(c2ccccc2)C(C)(C)C)CC1=O. The monoisotopic (exact) mass is 380 g/mol. The zero-order valence-corrected chi connectivity index (χ0v) is 18.1. The highest BCUT2D eigenvalue weighted by Crippen LogP contribution is 2.38. The molecule has 0 amide bonds. The molecular formula is C24H32O2Si. The molecule has 1 saturated carbocycles. The Morgan fingerprint density at radius 2 is 1.44 bits per heavy atom. The van der Waals surface area contributed by atoms with Crippen LogP contribution in [0.1, 0.15) is 47.0 Å². The minimum Gasteiger partial charge on any atom is -0.407 e. The fraction of sp³-hybridized carbons (Fsp3) is 0.458. The molecule has 0 aromatic heterocycles. The van der Waals surface area contributed by atoms with Crippen molar-refractivity contribution in [2.24, 2.45) is 11.8 Å². The lowest BCUT2D eigenvalue weighted by atomic mass is 9.82. The van der Waals surface area contributed by atoms with Crippen molar-refractivity contribution in [2.45, 2.75) is 52.0 Å². The summed E-state index contributed by atoms with van der Waals surface area (Å²) >= 11 is 0. The second-order valence-electron chi connectivity index (χ2n) is 8.99. The fourth-order valence-electron chi connectivity index (χ4n) is 4.38. The van der Waals surface area contributed by atoms with Crippen LogP contribution in [-0.4, -0.2) is 20.7 Å². The molecule has 1 aliphatic carbocycles. The number of rotatable bonds is 5. The first-order valence-corrected chi connectivity index (χ1v) is 12.0. The molecular weight excluding hydrogens is 348 g/mol. The van der Waals surface area contributed by atoms with Crippen molar-refractivity contribution in [3.05, 3.63) is 60.7 Å². The smallest absolute Gasteiger partial charge is 0.261 e. The molecule has 0 heterocycles. The Hall–Kier alpha value is -1.71. The number of hydrogen-bond donors (Lipinski definition) is 0. The zero-order valence-electron chi connectivity index (χ0n) is 17.1. The van der Waals surface area contributed by atoms with Gasteiger partial charge in [-0.2, -0.15) is 0 Å². The van der Waals surface area contributed by atoms with Crippen LogP contribution in [0.4, 0.5) is 0 Å². The fourth-order valence-corrected chi connectivity index (χ4v) is 9.02. The van der Waals surface area contributed by atoms with E-state index < -0.39 is 8.32 Å². The summed E-state index contributed by atoms with van der Waals surface area (Å²) in [6.45, 7) is 9.63. The molecule has 0 N–H and O–H groups in total. The third kappa shape index (κ3) is 4.09. The Kier molecular flexibility index (Phi) is 6.02. The first-order chi connectivity index (χ1) is 12.8. The van der Waals surface area contributed by atoms with Crippen molar-refractivity contribution in [3.8, 4) is 0 Å². The Morgan fingerprint density at radius 3 is 1.89 bits per heavy atom. The van der Waals surface area contributed by atoms with E-state index in [2.05, 4.69) is 88.4 Å². The second-order valence-corrected chi connectivity index (χ2v) is 13.3. The van der Waals surface area contributed by atoms with E-state index in [-0.39, 0.29) is 11.0 Å². The normalized spacial score (nSPS) is 21.3. The van der Waals surface area contributed by atoms with Crippen molar-refractivity contribution >= 4 is 24.5 Å². The summed E-state index contributed by atoms with van der Waals surface area (Å²) < 4.78 is 6.98. The summed E-state index contributed by atoms with van der Waals surface area (Å²) in [4.78, 5) is 12.2. The first kappa shape index (κ1) is 20.0. The van der Waals surface area contributed by atoms with Crippen molar-refractivity contribution in [1.29, 1.82) is 0 Å². The molecule has 2 aromatic rings. The highest BCUT2D eigenvalue weighted by atomic mass is 28.4. The highest BCUT2D eigenvalue weighted by molar-refractivity contribution is 6.99. The number of carbonyl (C=O) groups excluding carboxylic acids is 1. The van der Waals surface area contributed by atoms with Gasteiger partial charge in [0.05, 0.1) is 0 Å². The molecule has 0 radical (unpaired) electrons. The molecule has 0 aliphatic heterocycles. The van der Waals surface area contributed by atoms with E-state index in [9.17, 15) is 4.79 Å². The molecule has 0 saturated heterocycles. The Morgan fingerprint density at radius 1 is 0.926 bits per heavy atom. The Labute approximate surface area is 165 Å². The predicted molar refractivity (Wildman–Crippen MR) is 115 cm³/mol. The van der Waals surface area contributed by atoms with Crippen LogP contribution in [0.2, 0.25) is 5.04 Å². The summed E-state index contributed by atoms with van der Waals surface area (Å²) in [5.74, 6) is 0.960. The van der Waals surface area contributed by atoms with E-state index in [1.54, 1.807) is 0 Å². The molecule has 2 atom stereocenters. The average Bonchev–Trinajstić information content (AvgIpc) is 2.66. The minimum atomic E-state index is -2.48. The van der Waals surface area contributed by atoms with E-state index in [1.807, 2.05) is 0 Å². The van der Waals surface area contributed by atoms with Gasteiger partial charge >= 0.3 is 0 Å². The van der Waals surface area contributed by atoms with Crippen molar-refractivity contribution in [1.82, 2.24) is 0 Å². The van der Waals surface area contributed by atoms with Crippen molar-refractivity contribution < 1.29 is 9.22 Å². The maximum Gasteiger partial charge on any atom is 0.261 e. The van der Waals surface area contributed by atoms with Crippen LogP contribution in [0.25, 0.3) is 0 Å². The highest BCUT2D eigenvalue weighted by Gasteiger charge is 2.50. The largest absolute Gasteiger partial charge is 0.407 e. The van der Waals surface area contributed by atoms with Gasteiger partial charge in [-0.3, -0.25) is 4.79 Å². The average molecular weight is 381 g/mol. The maximum absolute atomic E-state index is 12.2. The lowest BCUT2D eigenvalue weighted by Crippen LogP contribution is -2.67. The van der Waals surface area contributed by atoms with Crippen LogP contribution in [0.5, 0.6) is 0 Å². The number of ketones is 1. The van der Waals surface area contributed by atoms with Gasteiger partial charge in [-0.15, -0.1) is 0 Å². The minimum absolute atomic E-state index is 0.0122. The zero-order chi connectivity index (χ0) is 19.5. The summed E-state index contributed by atoms with van der Waals surface area (Å²) in [5, 5.41) is 2.60. The van der Waals surface area contributed by atoms with Crippen LogP contribution in [0.15, 0.2) is 60.7 Å². The van der Waals surface area contributed by atoms with E-state index in [1.165, 1.54) is 10.4 Å². The molecule has 0 bridgehead atoms. The first-order valence-electron chi connectivity index (χ1n) is 10.1. The quantitative estimate of drug-likeness (QED) is 0.710. The summed E-state index contributed by atoms with van der Waals surface area (Å²) in [6.07, 6.45) is 2.75. The van der Waals surface area contributed by atoms with Gasteiger partial charge in [-0.05, 0) is 34.2 Å². The third-order valence-electron chi connectivity index (χ3n) is 6.00. The lowest BCUT2D eigenvalue weighted by Gasteiger charge is -2.44. The van der Waals surface area contributed by atoms with Crippen molar-refractivity contribution in [2.75, 3.05) is 6.61 Å². The molecule has 1 fully saturated rings. The summed E-state index contributed by atoms with van der Waals surface area (Å²) in [7, 11) is -2.48. The van der Waals surface area contributed by atoms with E-state index in [4.69, 9.17) is 4.43 Å². The van der Waals surface area contributed by atoms with E-state index in [0.717, 1.165) is 12.8 Å². The molecule has 0 spiro atoms. The molecule has 2 aromatic carbocycles. The van der Waals surface area contributed by atoms with Gasteiger partial charge in [0.1, 0.15) is 5.78 Å². The van der Waals surface area contributed by atoms with Gasteiger partial charge in [-0.25, -0.2) is 0 Å². The van der Waals surface area contributed by atoms with Gasteiger partial charge in [0.2, 0.25) is 0 Å². The van der Waals surface area contributed by atoms with Gasteiger partial charge < -0.3 is 4.43 Å². The van der Waals surface area contributed by atoms with Crippen LogP contribution >= 0.6 is 0 Å².